The first-order valence-electron chi connectivity index (χ1n) is 7.46. The van der Waals surface area contributed by atoms with Crippen LogP contribution in [0.25, 0.3) is 0 Å². The molecule has 1 N–H and O–H groups in total. The molecule has 0 saturated carbocycles. The lowest BCUT2D eigenvalue weighted by molar-refractivity contribution is 0.406. The molecule has 122 valence electrons. The second-order valence-electron chi connectivity index (χ2n) is 9.76. The van der Waals surface area contributed by atoms with Gasteiger partial charge in [0.05, 0.1) is 0 Å². The van der Waals surface area contributed by atoms with Crippen LogP contribution in [-0.2, 0) is 8.78 Å². The number of rotatable bonds is 8. The third-order valence-corrected chi connectivity index (χ3v) is 25.8. The van der Waals surface area contributed by atoms with Crippen LogP contribution in [0.15, 0.2) is 0 Å². The maximum atomic E-state index is 11.5. The first kappa shape index (κ1) is 21.0. The summed E-state index contributed by atoms with van der Waals surface area (Å²) in [4.78, 5) is 9.48. The van der Waals surface area contributed by atoms with Crippen LogP contribution >= 0.6 is 8.25 Å². The van der Waals surface area contributed by atoms with Gasteiger partial charge in [0.1, 0.15) is 0 Å². The van der Waals surface area contributed by atoms with Crippen molar-refractivity contribution in [2.45, 2.75) is 75.9 Å². The summed E-state index contributed by atoms with van der Waals surface area (Å²) in [5.41, 5.74) is 3.39. The fourth-order valence-corrected chi connectivity index (χ4v) is 35.7. The minimum atomic E-state index is -2.83. The van der Waals surface area contributed by atoms with Crippen molar-refractivity contribution in [1.82, 2.24) is 0 Å². The van der Waals surface area contributed by atoms with Crippen LogP contribution in [0.3, 0.4) is 0 Å². The first-order valence-corrected chi connectivity index (χ1v) is 22.4. The summed E-state index contributed by atoms with van der Waals surface area (Å²) in [7, 11) is -8.86. The largest absolute Gasteiger partial charge is 0.353 e. The van der Waals surface area contributed by atoms with Gasteiger partial charge in [0.2, 0.25) is 0 Å². The molecule has 1 atom stereocenters. The van der Waals surface area contributed by atoms with Crippen molar-refractivity contribution < 1.29 is 13.7 Å². The zero-order chi connectivity index (χ0) is 16.4. The lowest BCUT2D eigenvalue weighted by Gasteiger charge is -2.41. The predicted molar refractivity (Wildman–Crippen MR) is 103 cm³/mol. The zero-order valence-corrected chi connectivity index (χ0v) is 19.9. The van der Waals surface area contributed by atoms with Gasteiger partial charge in [-0.15, -0.1) is 0 Å². The van der Waals surface area contributed by atoms with Crippen LogP contribution < -0.4 is 0 Å². The van der Waals surface area contributed by atoms with Crippen LogP contribution in [0.5, 0.6) is 0 Å². The maximum absolute atomic E-state index is 11.5. The minimum absolute atomic E-state index is 1.13. The molecule has 0 heterocycles. The van der Waals surface area contributed by atoms with Gasteiger partial charge in [-0.2, -0.15) is 0 Å². The highest BCUT2D eigenvalue weighted by Gasteiger charge is 2.46. The van der Waals surface area contributed by atoms with E-state index in [2.05, 4.69) is 58.9 Å². The lowest BCUT2D eigenvalue weighted by Crippen LogP contribution is -2.53. The average Bonchev–Trinajstić information content (AvgIpc) is 1.86. The summed E-state index contributed by atoms with van der Waals surface area (Å²) in [5.74, 6) is 0. The lowest BCUT2D eigenvalue weighted by atomic mass is 11.7. The normalized spacial score (nSPS) is 16.3. The van der Waals surface area contributed by atoms with Gasteiger partial charge in [-0.1, -0.05) is 58.9 Å². The van der Waals surface area contributed by atoms with Crippen molar-refractivity contribution in [2.24, 2.45) is 0 Å². The Kier molecular flexibility index (Phi) is 7.42. The molecule has 0 fully saturated rings. The second-order valence-corrected chi connectivity index (χ2v) is 33.1. The molecule has 0 rings (SSSR count). The number of hydrogen-bond acceptors (Lipinski definition) is 2. The molecule has 8 heteroatoms. The van der Waals surface area contributed by atoms with Crippen LogP contribution in [0.2, 0.25) is 75.9 Å². The Labute approximate surface area is 130 Å². The van der Waals surface area contributed by atoms with Gasteiger partial charge in [0.25, 0.3) is 0 Å². The molecule has 0 radical (unpaired) electrons. The van der Waals surface area contributed by atoms with Gasteiger partial charge in [-0.05, 0) is 17.0 Å². The van der Waals surface area contributed by atoms with Crippen molar-refractivity contribution in [1.29, 1.82) is 0 Å². The Morgan fingerprint density at radius 2 is 1.00 bits per heavy atom. The second kappa shape index (κ2) is 7.06. The molecule has 0 aromatic carbocycles. The Hall–Kier alpha value is 1.02. The quantitative estimate of drug-likeness (QED) is 0.485. The van der Waals surface area contributed by atoms with Gasteiger partial charge in [-0.3, -0.25) is 4.57 Å². The molecule has 0 aliphatic carbocycles. The van der Waals surface area contributed by atoms with Gasteiger partial charge in [0.15, 0.2) is 8.32 Å². The van der Waals surface area contributed by atoms with E-state index in [1.54, 1.807) is 0 Å². The summed E-state index contributed by atoms with van der Waals surface area (Å²) < 4.78 is 17.4. The van der Waals surface area contributed by atoms with Crippen LogP contribution in [0, 0.1) is 0 Å². The molecule has 0 spiro atoms. The SMILES string of the molecule is C[Si](C)(C)C[Si](C[Si](C)(C)C)(C[Si](C)(C)C)O[PH](=O)O. The van der Waals surface area contributed by atoms with Gasteiger partial charge in [0, 0.05) is 24.2 Å². The van der Waals surface area contributed by atoms with Crippen molar-refractivity contribution >= 4 is 40.8 Å². The summed E-state index contributed by atoms with van der Waals surface area (Å²) in [6.07, 6.45) is 0. The van der Waals surface area contributed by atoms with Gasteiger partial charge < -0.3 is 9.11 Å². The molecule has 0 aliphatic heterocycles. The highest BCUT2D eigenvalue weighted by molar-refractivity contribution is 7.35. The van der Waals surface area contributed by atoms with E-state index < -0.39 is 40.8 Å². The van der Waals surface area contributed by atoms with E-state index in [0.717, 1.165) is 17.0 Å². The highest BCUT2D eigenvalue weighted by atomic mass is 31.1. The summed E-state index contributed by atoms with van der Waals surface area (Å²) >= 11 is 0. The molecule has 0 amide bonds. The molecule has 0 aromatic heterocycles. The summed E-state index contributed by atoms with van der Waals surface area (Å²) in [5, 5.41) is 0. The Bertz CT molecular complexity index is 301. The highest BCUT2D eigenvalue weighted by Crippen LogP contribution is 2.40. The minimum Gasteiger partial charge on any atom is -0.353 e. The van der Waals surface area contributed by atoms with Gasteiger partial charge >= 0.3 is 8.25 Å². The van der Waals surface area contributed by atoms with Crippen molar-refractivity contribution in [2.75, 3.05) is 0 Å². The fourth-order valence-electron chi connectivity index (χ4n) is 3.38. The van der Waals surface area contributed by atoms with E-state index in [4.69, 9.17) is 4.21 Å². The smallest absolute Gasteiger partial charge is 0.306 e. The third-order valence-electron chi connectivity index (χ3n) is 2.86. The van der Waals surface area contributed by atoms with E-state index >= 15 is 0 Å². The molecule has 1 unspecified atom stereocenters. The van der Waals surface area contributed by atoms with E-state index in [1.807, 2.05) is 0 Å². The van der Waals surface area contributed by atoms with Crippen LogP contribution in [0.4, 0.5) is 0 Å². The number of hydrogen-bond donors (Lipinski definition) is 1. The topological polar surface area (TPSA) is 46.5 Å². The molecule has 3 nitrogen and oxygen atoms in total. The van der Waals surface area contributed by atoms with Crippen LogP contribution in [0.1, 0.15) is 0 Å². The van der Waals surface area contributed by atoms with E-state index in [9.17, 15) is 9.46 Å². The van der Waals surface area contributed by atoms with E-state index in [-0.39, 0.29) is 0 Å². The third kappa shape index (κ3) is 10.7. The van der Waals surface area contributed by atoms with Gasteiger partial charge in [-0.25, -0.2) is 0 Å². The van der Waals surface area contributed by atoms with Crippen LogP contribution in [-0.4, -0.2) is 37.4 Å². The monoisotopic (exact) mass is 370 g/mol. The van der Waals surface area contributed by atoms with E-state index in [1.165, 1.54) is 0 Å². The first-order chi connectivity index (χ1) is 8.54. The predicted octanol–water partition coefficient (Wildman–Crippen LogP) is 4.96. The Morgan fingerprint density at radius 3 is 1.15 bits per heavy atom. The van der Waals surface area contributed by atoms with Crippen molar-refractivity contribution in [3.05, 3.63) is 0 Å². The standard InChI is InChI=1S/C12H35O3PSi4/c1-17(2,3)10-20(15-16(13)14,11-18(4,5)6)12-19(7,8)9/h16H,10-12H2,1-9H3,(H,13,14). The Balaban J connectivity index is 5.56. The fraction of sp³-hybridized carbons (Fsp3) is 1.00. The van der Waals surface area contributed by atoms with Crippen molar-refractivity contribution in [3.63, 3.8) is 0 Å². The maximum Gasteiger partial charge on any atom is 0.306 e. The molecule has 0 bridgehead atoms. The molecular formula is C12H35O3PSi4. The average molecular weight is 371 g/mol. The molecule has 0 aromatic rings. The molecule has 0 saturated heterocycles. The molecule has 0 aliphatic rings. The zero-order valence-electron chi connectivity index (χ0n) is 14.9. The molecule has 20 heavy (non-hydrogen) atoms. The van der Waals surface area contributed by atoms with Crippen molar-refractivity contribution in [3.8, 4) is 0 Å². The summed E-state index contributed by atoms with van der Waals surface area (Å²) in [6.45, 7) is 21.3. The molecular weight excluding hydrogens is 335 g/mol. The summed E-state index contributed by atoms with van der Waals surface area (Å²) in [6, 6.07) is 0. The Morgan fingerprint density at radius 1 is 0.750 bits per heavy atom. The van der Waals surface area contributed by atoms with E-state index in [0.29, 0.717) is 0 Å².